The minimum absolute atomic E-state index is 0.121. The maximum atomic E-state index is 10.6. The molecule has 1 aromatic rings. The molecule has 0 aliphatic rings. The molecular formula is C11H15O2+. The minimum Gasteiger partial charge on any atom is -0.354 e. The van der Waals surface area contributed by atoms with E-state index in [2.05, 4.69) is 6.92 Å². The van der Waals surface area contributed by atoms with Crippen LogP contribution in [-0.4, -0.2) is 17.0 Å². The molecule has 70 valence electrons. The van der Waals surface area contributed by atoms with Gasteiger partial charge in [-0.25, -0.2) is 0 Å². The topological polar surface area (TPSA) is 37.3 Å². The van der Waals surface area contributed by atoms with Crippen molar-refractivity contribution in [1.82, 2.24) is 0 Å². The van der Waals surface area contributed by atoms with E-state index < -0.39 is 6.10 Å². The Balaban J connectivity index is 0.000000310. The molecule has 1 N–H and O–H groups in total. The normalized spacial score (nSPS) is 11.0. The third-order valence-electron chi connectivity index (χ3n) is 1.18. The van der Waals surface area contributed by atoms with E-state index in [0.717, 1.165) is 5.56 Å². The van der Waals surface area contributed by atoms with E-state index in [1.54, 1.807) is 13.8 Å². The molecule has 0 amide bonds. The van der Waals surface area contributed by atoms with Crippen molar-refractivity contribution in [1.29, 1.82) is 0 Å². The first-order valence-electron chi connectivity index (χ1n) is 4.11. The fraction of sp³-hybridized carbons (Fsp3) is 0.273. The summed E-state index contributed by atoms with van der Waals surface area (Å²) in [5.74, 6) is 0.121. The molecule has 0 aliphatic carbocycles. The largest absolute Gasteiger partial charge is 0.354 e. The third kappa shape index (κ3) is 7.09. The van der Waals surface area contributed by atoms with Gasteiger partial charge in [0.15, 0.2) is 11.9 Å². The van der Waals surface area contributed by atoms with Crippen molar-refractivity contribution in [3.8, 4) is 0 Å². The highest BCUT2D eigenvalue weighted by atomic mass is 16.3. The van der Waals surface area contributed by atoms with Gasteiger partial charge in [0.05, 0.1) is 6.92 Å². The predicted octanol–water partition coefficient (Wildman–Crippen LogP) is 2.09. The van der Waals surface area contributed by atoms with Crippen LogP contribution in [0.4, 0.5) is 0 Å². The number of Topliss-reactive ketones (excluding diaryl/α,β-unsaturated/α-hetero) is 1. The number of benzene rings is 1. The van der Waals surface area contributed by atoms with Crippen LogP contribution < -0.4 is 0 Å². The van der Waals surface area contributed by atoms with Gasteiger partial charge in [-0.3, -0.25) is 4.79 Å². The van der Waals surface area contributed by atoms with Crippen LogP contribution in [0.3, 0.4) is 0 Å². The van der Waals surface area contributed by atoms with Gasteiger partial charge in [-0.05, 0) is 6.92 Å². The lowest BCUT2D eigenvalue weighted by Crippen LogP contribution is -1.88. The van der Waals surface area contributed by atoms with Gasteiger partial charge >= 0.3 is 0 Å². The van der Waals surface area contributed by atoms with Crippen LogP contribution in [0.2, 0.25) is 0 Å². The zero-order chi connectivity index (χ0) is 10.3. The molecule has 0 aliphatic heterocycles. The Hall–Kier alpha value is -1.28. The molecule has 0 saturated heterocycles. The number of hydrogen-bond donors (Lipinski definition) is 1. The number of aliphatic hydroxyl groups is 1. The molecule has 1 rings (SSSR count). The van der Waals surface area contributed by atoms with Crippen molar-refractivity contribution in [2.24, 2.45) is 0 Å². The van der Waals surface area contributed by atoms with Crippen LogP contribution in [-0.2, 0) is 0 Å². The average Bonchev–Trinajstić information content (AvgIpc) is 2.05. The Morgan fingerprint density at radius 2 is 1.77 bits per heavy atom. The van der Waals surface area contributed by atoms with Gasteiger partial charge in [0.25, 0.3) is 0 Å². The molecule has 0 bridgehead atoms. The Labute approximate surface area is 79.2 Å². The number of rotatable bonds is 1. The number of ketones is 1. The molecule has 0 radical (unpaired) electrons. The van der Waals surface area contributed by atoms with Crippen LogP contribution in [0.15, 0.2) is 30.3 Å². The number of carbonyl (C=O) groups excluding carboxylic acids is 1. The molecule has 2 heteroatoms. The quantitative estimate of drug-likeness (QED) is 0.529. The predicted molar refractivity (Wildman–Crippen MR) is 53.5 cm³/mol. The summed E-state index contributed by atoms with van der Waals surface area (Å²) in [7, 11) is 0. The summed E-state index contributed by atoms with van der Waals surface area (Å²) in [4.78, 5) is 10.6. The highest BCUT2D eigenvalue weighted by Crippen LogP contribution is 1.97. The molecule has 1 unspecified atom stereocenters. The molecule has 0 aromatic heterocycles. The Bertz CT molecular complexity index is 237. The van der Waals surface area contributed by atoms with E-state index in [1.165, 1.54) is 0 Å². The van der Waals surface area contributed by atoms with Gasteiger partial charge in [0.2, 0.25) is 0 Å². The van der Waals surface area contributed by atoms with Crippen molar-refractivity contribution in [3.63, 3.8) is 0 Å². The van der Waals surface area contributed by atoms with Crippen molar-refractivity contribution >= 4 is 5.78 Å². The molecule has 0 heterocycles. The molecule has 2 nitrogen and oxygen atoms in total. The number of aliphatic hydroxyl groups excluding tert-OH is 1. The second-order valence-electron chi connectivity index (χ2n) is 2.77. The average molecular weight is 179 g/mol. The number of hydrogen-bond acceptors (Lipinski definition) is 2. The number of carbonyl (C=O) groups is 1. The standard InChI is InChI=1S/C8H8O.C3H7O/c1-7(9)8-5-3-2-4-6-8;1-3(2)4/h2-6H,1H3;3-4H,1H2,2H3/q;+1. The van der Waals surface area contributed by atoms with E-state index in [-0.39, 0.29) is 5.78 Å². The summed E-state index contributed by atoms with van der Waals surface area (Å²) in [5, 5.41) is 7.94. The lowest BCUT2D eigenvalue weighted by atomic mass is 10.2. The summed E-state index contributed by atoms with van der Waals surface area (Å²) in [5.41, 5.74) is 0.775. The smallest absolute Gasteiger partial charge is 0.189 e. The van der Waals surface area contributed by atoms with E-state index in [9.17, 15) is 4.79 Å². The summed E-state index contributed by atoms with van der Waals surface area (Å²) in [6, 6.07) is 9.23. The van der Waals surface area contributed by atoms with Crippen molar-refractivity contribution in [2.75, 3.05) is 0 Å². The molecule has 0 spiro atoms. The van der Waals surface area contributed by atoms with Gasteiger partial charge in [-0.1, -0.05) is 30.3 Å². The van der Waals surface area contributed by atoms with Gasteiger partial charge in [0.1, 0.15) is 0 Å². The van der Waals surface area contributed by atoms with Crippen LogP contribution in [0.25, 0.3) is 0 Å². The van der Waals surface area contributed by atoms with Crippen molar-refractivity contribution in [2.45, 2.75) is 20.0 Å². The fourth-order valence-electron chi connectivity index (χ4n) is 0.673. The first-order valence-corrected chi connectivity index (χ1v) is 4.11. The molecular weight excluding hydrogens is 164 g/mol. The molecule has 0 fully saturated rings. The summed E-state index contributed by atoms with van der Waals surface area (Å²) in [6.45, 7) is 6.37. The summed E-state index contributed by atoms with van der Waals surface area (Å²) in [6.07, 6.45) is -0.417. The highest BCUT2D eigenvalue weighted by Gasteiger charge is 1.92. The second-order valence-corrected chi connectivity index (χ2v) is 2.77. The Kier molecular flexibility index (Phi) is 5.64. The van der Waals surface area contributed by atoms with E-state index >= 15 is 0 Å². The van der Waals surface area contributed by atoms with E-state index in [4.69, 9.17) is 5.11 Å². The van der Waals surface area contributed by atoms with Gasteiger partial charge in [0, 0.05) is 12.5 Å². The summed E-state index contributed by atoms with van der Waals surface area (Å²) < 4.78 is 0. The lowest BCUT2D eigenvalue weighted by molar-refractivity contribution is 0.101. The maximum absolute atomic E-state index is 10.6. The zero-order valence-corrected chi connectivity index (χ0v) is 8.03. The minimum atomic E-state index is -0.417. The van der Waals surface area contributed by atoms with E-state index in [0.29, 0.717) is 0 Å². The van der Waals surface area contributed by atoms with Crippen LogP contribution in [0, 0.1) is 6.92 Å². The van der Waals surface area contributed by atoms with Gasteiger partial charge < -0.3 is 5.11 Å². The van der Waals surface area contributed by atoms with Crippen LogP contribution in [0.5, 0.6) is 0 Å². The van der Waals surface area contributed by atoms with Gasteiger partial charge in [-0.2, -0.15) is 0 Å². The maximum Gasteiger partial charge on any atom is 0.189 e. The molecule has 1 aromatic carbocycles. The van der Waals surface area contributed by atoms with Crippen LogP contribution >= 0.6 is 0 Å². The molecule has 1 atom stereocenters. The van der Waals surface area contributed by atoms with Crippen molar-refractivity contribution in [3.05, 3.63) is 42.8 Å². The first kappa shape index (κ1) is 11.7. The molecule has 13 heavy (non-hydrogen) atoms. The second kappa shape index (κ2) is 6.26. The zero-order valence-electron chi connectivity index (χ0n) is 8.03. The Morgan fingerprint density at radius 1 is 1.38 bits per heavy atom. The Morgan fingerprint density at radius 3 is 2.00 bits per heavy atom. The van der Waals surface area contributed by atoms with Crippen LogP contribution in [0.1, 0.15) is 24.2 Å². The lowest BCUT2D eigenvalue weighted by Gasteiger charge is -1.89. The monoisotopic (exact) mass is 179 g/mol. The molecule has 0 saturated carbocycles. The van der Waals surface area contributed by atoms with Crippen molar-refractivity contribution < 1.29 is 9.90 Å². The third-order valence-corrected chi connectivity index (χ3v) is 1.18. The fourth-order valence-corrected chi connectivity index (χ4v) is 0.673. The summed E-state index contributed by atoms with van der Waals surface area (Å²) >= 11 is 0. The van der Waals surface area contributed by atoms with Gasteiger partial charge in [-0.15, -0.1) is 0 Å². The van der Waals surface area contributed by atoms with E-state index in [1.807, 2.05) is 30.3 Å². The first-order chi connectivity index (χ1) is 6.04. The SMILES string of the molecule is CC(=O)c1ccccc1.[CH2+]C(C)O. The highest BCUT2D eigenvalue weighted by molar-refractivity contribution is 5.93.